The zero-order valence-electron chi connectivity index (χ0n) is 12.2. The summed E-state index contributed by atoms with van der Waals surface area (Å²) in [4.78, 5) is 45.3. The van der Waals surface area contributed by atoms with Crippen LogP contribution >= 0.6 is 11.6 Å². The standard InChI is InChI=1S/C14H14ClNO7/c1-7(17)22-11(12(14(20)21)23-8(2)18)13(19)16-10-5-3-9(15)4-6-10/h3-6,11-12H,1-2H3,(H,16,19)(H,20,21)/p-1/t11-,12+/m0/s1. The van der Waals surface area contributed by atoms with Crippen molar-refractivity contribution in [1.29, 1.82) is 0 Å². The fourth-order valence-electron chi connectivity index (χ4n) is 1.59. The smallest absolute Gasteiger partial charge is 0.303 e. The van der Waals surface area contributed by atoms with E-state index in [0.717, 1.165) is 13.8 Å². The number of carbonyl (C=O) groups excluding carboxylic acids is 4. The largest absolute Gasteiger partial charge is 0.546 e. The van der Waals surface area contributed by atoms with Crippen molar-refractivity contribution in [2.75, 3.05) is 5.32 Å². The highest BCUT2D eigenvalue weighted by Gasteiger charge is 2.35. The second kappa shape index (κ2) is 8.14. The first-order chi connectivity index (χ1) is 10.7. The van der Waals surface area contributed by atoms with E-state index in [1.54, 1.807) is 0 Å². The van der Waals surface area contributed by atoms with E-state index in [9.17, 15) is 24.3 Å². The van der Waals surface area contributed by atoms with Gasteiger partial charge in [0.15, 0.2) is 6.10 Å². The third-order valence-electron chi connectivity index (χ3n) is 2.46. The second-order valence-corrected chi connectivity index (χ2v) is 4.81. The van der Waals surface area contributed by atoms with Gasteiger partial charge in [0.05, 0.1) is 5.97 Å². The molecule has 0 saturated carbocycles. The molecule has 0 radical (unpaired) electrons. The molecule has 0 unspecified atom stereocenters. The highest BCUT2D eigenvalue weighted by atomic mass is 35.5. The number of rotatable bonds is 6. The van der Waals surface area contributed by atoms with Gasteiger partial charge in [0.1, 0.15) is 0 Å². The van der Waals surface area contributed by atoms with Crippen molar-refractivity contribution >= 4 is 41.1 Å². The van der Waals surface area contributed by atoms with Crippen molar-refractivity contribution in [2.24, 2.45) is 0 Å². The fraction of sp³-hybridized carbons (Fsp3) is 0.286. The maximum Gasteiger partial charge on any atom is 0.303 e. The van der Waals surface area contributed by atoms with Gasteiger partial charge in [-0.3, -0.25) is 14.4 Å². The van der Waals surface area contributed by atoms with Crippen molar-refractivity contribution in [2.45, 2.75) is 26.1 Å². The van der Waals surface area contributed by atoms with Crippen molar-refractivity contribution in [3.8, 4) is 0 Å². The number of hydrogen-bond acceptors (Lipinski definition) is 7. The first kappa shape index (κ1) is 18.4. The van der Waals surface area contributed by atoms with E-state index in [2.05, 4.69) is 14.8 Å². The van der Waals surface area contributed by atoms with Gasteiger partial charge in [-0.1, -0.05) is 11.6 Å². The number of esters is 2. The van der Waals surface area contributed by atoms with Crippen LogP contribution in [0.1, 0.15) is 13.8 Å². The van der Waals surface area contributed by atoms with Gasteiger partial charge in [0, 0.05) is 24.6 Å². The number of carboxylic acid groups (broad SMARTS) is 1. The Balaban J connectivity index is 3.00. The summed E-state index contributed by atoms with van der Waals surface area (Å²) >= 11 is 5.70. The summed E-state index contributed by atoms with van der Waals surface area (Å²) in [6, 6.07) is 5.87. The molecule has 0 heterocycles. The number of carbonyl (C=O) groups is 4. The molecule has 8 nitrogen and oxygen atoms in total. The van der Waals surface area contributed by atoms with E-state index < -0.39 is 36.0 Å². The molecule has 1 amide bonds. The highest BCUT2D eigenvalue weighted by molar-refractivity contribution is 6.30. The molecule has 1 rings (SSSR count). The summed E-state index contributed by atoms with van der Waals surface area (Å²) < 4.78 is 9.15. The van der Waals surface area contributed by atoms with Crippen LogP contribution in [0.15, 0.2) is 24.3 Å². The number of benzene rings is 1. The van der Waals surface area contributed by atoms with Crippen LogP contribution in [-0.4, -0.2) is 36.0 Å². The molecule has 1 aromatic carbocycles. The van der Waals surface area contributed by atoms with Gasteiger partial charge in [0.25, 0.3) is 5.91 Å². The number of hydrogen-bond donors (Lipinski definition) is 1. The maximum absolute atomic E-state index is 12.2. The summed E-state index contributed by atoms with van der Waals surface area (Å²) in [7, 11) is 0. The predicted octanol–water partition coefficient (Wildman–Crippen LogP) is -0.108. The lowest BCUT2D eigenvalue weighted by Gasteiger charge is -2.26. The van der Waals surface area contributed by atoms with Gasteiger partial charge in [-0.15, -0.1) is 0 Å². The average Bonchev–Trinajstić information content (AvgIpc) is 2.44. The Morgan fingerprint density at radius 2 is 1.48 bits per heavy atom. The Kier molecular flexibility index (Phi) is 6.52. The lowest BCUT2D eigenvalue weighted by Crippen LogP contribution is -2.52. The summed E-state index contributed by atoms with van der Waals surface area (Å²) in [5, 5.41) is 13.8. The van der Waals surface area contributed by atoms with Crippen LogP contribution in [0.5, 0.6) is 0 Å². The minimum absolute atomic E-state index is 0.275. The Hall–Kier alpha value is -2.61. The molecule has 0 saturated heterocycles. The van der Waals surface area contributed by atoms with Crippen molar-refractivity contribution in [1.82, 2.24) is 0 Å². The molecule has 23 heavy (non-hydrogen) atoms. The van der Waals surface area contributed by atoms with Gasteiger partial charge in [0.2, 0.25) is 6.10 Å². The van der Waals surface area contributed by atoms with Crippen LogP contribution in [-0.2, 0) is 28.7 Å². The minimum atomic E-state index is -2.08. The fourth-order valence-corrected chi connectivity index (χ4v) is 1.72. The van der Waals surface area contributed by atoms with Crippen molar-refractivity contribution in [3.05, 3.63) is 29.3 Å². The number of halogens is 1. The molecular formula is C14H13ClNO7-. The minimum Gasteiger partial charge on any atom is -0.546 e. The second-order valence-electron chi connectivity index (χ2n) is 4.38. The molecule has 1 aromatic rings. The van der Waals surface area contributed by atoms with Crippen molar-refractivity contribution in [3.63, 3.8) is 0 Å². The highest BCUT2D eigenvalue weighted by Crippen LogP contribution is 2.15. The quantitative estimate of drug-likeness (QED) is 0.716. The average molecular weight is 343 g/mol. The van der Waals surface area contributed by atoms with Gasteiger partial charge in [-0.05, 0) is 24.3 Å². The van der Waals surface area contributed by atoms with Gasteiger partial charge >= 0.3 is 11.9 Å². The van der Waals surface area contributed by atoms with Crippen LogP contribution in [0.4, 0.5) is 5.69 Å². The van der Waals surface area contributed by atoms with Crippen LogP contribution in [0.2, 0.25) is 5.02 Å². The van der Waals surface area contributed by atoms with Crippen LogP contribution in [0.25, 0.3) is 0 Å². The summed E-state index contributed by atoms with van der Waals surface area (Å²) in [6.07, 6.45) is -3.99. The van der Waals surface area contributed by atoms with E-state index in [1.807, 2.05) is 0 Å². The van der Waals surface area contributed by atoms with E-state index in [-0.39, 0.29) is 5.69 Å². The lowest BCUT2D eigenvalue weighted by molar-refractivity contribution is -0.318. The molecule has 2 atom stereocenters. The maximum atomic E-state index is 12.2. The van der Waals surface area contributed by atoms with Crippen LogP contribution in [0, 0.1) is 0 Å². The SMILES string of the molecule is CC(=O)O[C@H](C(=O)Nc1ccc(Cl)cc1)[C@@H](OC(C)=O)C(=O)[O-]. The molecule has 0 aliphatic rings. The molecule has 0 bridgehead atoms. The Labute approximate surface area is 136 Å². The molecule has 124 valence electrons. The topological polar surface area (TPSA) is 122 Å². The predicted molar refractivity (Wildman–Crippen MR) is 76.2 cm³/mol. The van der Waals surface area contributed by atoms with Crippen LogP contribution in [0.3, 0.4) is 0 Å². The normalized spacial score (nSPS) is 12.7. The lowest BCUT2D eigenvalue weighted by atomic mass is 10.1. The van der Waals surface area contributed by atoms with E-state index in [1.165, 1.54) is 24.3 Å². The number of nitrogens with one attached hydrogen (secondary N) is 1. The zero-order chi connectivity index (χ0) is 17.6. The summed E-state index contributed by atoms with van der Waals surface area (Å²) in [5.74, 6) is -4.79. The number of ether oxygens (including phenoxy) is 2. The monoisotopic (exact) mass is 342 g/mol. The number of amides is 1. The molecule has 0 spiro atoms. The third-order valence-corrected chi connectivity index (χ3v) is 2.72. The Bertz CT molecular complexity index is 614. The van der Waals surface area contributed by atoms with Gasteiger partial charge in [-0.25, -0.2) is 0 Å². The molecule has 9 heteroatoms. The van der Waals surface area contributed by atoms with Gasteiger partial charge in [-0.2, -0.15) is 0 Å². The first-order valence-corrected chi connectivity index (χ1v) is 6.70. The Morgan fingerprint density at radius 3 is 1.91 bits per heavy atom. The zero-order valence-corrected chi connectivity index (χ0v) is 13.0. The van der Waals surface area contributed by atoms with E-state index >= 15 is 0 Å². The summed E-state index contributed by atoms with van der Waals surface area (Å²) in [5.41, 5.74) is 0.275. The number of carboxylic acids is 1. The molecule has 0 aliphatic heterocycles. The molecule has 0 aliphatic carbocycles. The van der Waals surface area contributed by atoms with Gasteiger partial charge < -0.3 is 24.7 Å². The van der Waals surface area contributed by atoms with Crippen molar-refractivity contribution < 1.29 is 33.8 Å². The molecule has 0 fully saturated rings. The first-order valence-electron chi connectivity index (χ1n) is 6.32. The molecular weight excluding hydrogens is 330 g/mol. The van der Waals surface area contributed by atoms with Crippen LogP contribution < -0.4 is 10.4 Å². The molecule has 1 N–H and O–H groups in total. The number of anilines is 1. The number of aliphatic carboxylic acids is 1. The molecule has 0 aromatic heterocycles. The van der Waals surface area contributed by atoms with E-state index in [0.29, 0.717) is 5.02 Å². The summed E-state index contributed by atoms with van der Waals surface area (Å²) in [6.45, 7) is 1.92. The third kappa shape index (κ3) is 5.95. The van der Waals surface area contributed by atoms with E-state index in [4.69, 9.17) is 11.6 Å². The Morgan fingerprint density at radius 1 is 1.00 bits per heavy atom.